The van der Waals surface area contributed by atoms with Gasteiger partial charge < -0.3 is 18.5 Å². The van der Waals surface area contributed by atoms with Crippen LogP contribution < -0.4 is 4.74 Å². The van der Waals surface area contributed by atoms with E-state index in [1.807, 2.05) is 26.0 Å². The third-order valence-corrected chi connectivity index (χ3v) is 7.29. The zero-order chi connectivity index (χ0) is 21.1. The zero-order valence-electron chi connectivity index (χ0n) is 17.6. The number of ether oxygens (including phenoxy) is 2. The van der Waals surface area contributed by atoms with E-state index in [2.05, 4.69) is 36.4 Å². The summed E-state index contributed by atoms with van der Waals surface area (Å²) in [4.78, 5) is 0. The van der Waals surface area contributed by atoms with Crippen LogP contribution in [0.4, 0.5) is 0 Å². The van der Waals surface area contributed by atoms with Crippen molar-refractivity contribution in [1.82, 2.24) is 0 Å². The summed E-state index contributed by atoms with van der Waals surface area (Å²) in [6.45, 7) is 5.40. The van der Waals surface area contributed by atoms with E-state index in [9.17, 15) is 4.57 Å². The van der Waals surface area contributed by atoms with E-state index < -0.39 is 7.60 Å². The molecule has 0 saturated carbocycles. The zero-order valence-corrected chi connectivity index (χ0v) is 18.5. The molecule has 6 heteroatoms. The Balaban J connectivity index is 1.89. The lowest BCUT2D eigenvalue weighted by atomic mass is 9.92. The van der Waals surface area contributed by atoms with Gasteiger partial charge in [-0.05, 0) is 47.0 Å². The van der Waals surface area contributed by atoms with Crippen LogP contribution in [-0.2, 0) is 24.5 Å². The minimum atomic E-state index is -3.20. The monoisotopic (exact) mass is 426 g/mol. The molecule has 0 saturated heterocycles. The van der Waals surface area contributed by atoms with Crippen LogP contribution in [0.5, 0.6) is 5.75 Å². The molecule has 158 valence electrons. The number of hydrogen-bond acceptors (Lipinski definition) is 5. The maximum atomic E-state index is 13.2. The highest BCUT2D eigenvalue weighted by Gasteiger charge is 2.26. The average molecular weight is 426 g/mol. The third kappa shape index (κ3) is 3.91. The van der Waals surface area contributed by atoms with E-state index in [-0.39, 0.29) is 6.16 Å². The van der Waals surface area contributed by atoms with Crippen molar-refractivity contribution < 1.29 is 23.1 Å². The molecule has 4 aromatic rings. The van der Waals surface area contributed by atoms with E-state index in [0.717, 1.165) is 43.6 Å². The minimum absolute atomic E-state index is 0.250. The molecule has 0 atom stereocenters. The molecule has 0 heterocycles. The van der Waals surface area contributed by atoms with Gasteiger partial charge in [0.25, 0.3) is 0 Å². The fourth-order valence-corrected chi connectivity index (χ4v) is 5.81. The van der Waals surface area contributed by atoms with Crippen molar-refractivity contribution in [2.45, 2.75) is 20.0 Å². The summed E-state index contributed by atoms with van der Waals surface area (Å²) in [5.41, 5.74) is 0.966. The van der Waals surface area contributed by atoms with E-state index in [1.165, 1.54) is 0 Å². The van der Waals surface area contributed by atoms with Gasteiger partial charge in [0, 0.05) is 17.9 Å². The summed E-state index contributed by atoms with van der Waals surface area (Å²) in [7, 11) is -1.53. The van der Waals surface area contributed by atoms with Gasteiger partial charge in [-0.15, -0.1) is 0 Å². The lowest BCUT2D eigenvalue weighted by Crippen LogP contribution is -2.05. The molecule has 0 radical (unpaired) electrons. The lowest BCUT2D eigenvalue weighted by molar-refractivity contribution is 0.147. The normalized spacial score (nSPS) is 12.4. The Labute approximate surface area is 176 Å². The first-order chi connectivity index (χ1) is 14.6. The molecule has 0 aromatic heterocycles. The molecule has 0 amide bonds. The summed E-state index contributed by atoms with van der Waals surface area (Å²) < 4.78 is 35.4. The molecule has 5 nitrogen and oxygen atoms in total. The SMILES string of the molecule is CCOP(=O)(Cc1ccc2cc(OCCOC)c3cccc4ccc1c2c43)OCC. The molecule has 0 aliphatic heterocycles. The Hall–Kier alpha value is -2.17. The second kappa shape index (κ2) is 8.91. The fraction of sp³-hybridized carbons (Fsp3) is 0.333. The predicted octanol–water partition coefficient (Wildman–Crippen LogP) is 6.38. The van der Waals surface area contributed by atoms with Crippen molar-refractivity contribution in [2.24, 2.45) is 0 Å². The van der Waals surface area contributed by atoms with Crippen LogP contribution >= 0.6 is 7.60 Å². The van der Waals surface area contributed by atoms with Crippen LogP contribution in [-0.4, -0.2) is 33.5 Å². The van der Waals surface area contributed by atoms with Gasteiger partial charge in [0.15, 0.2) is 0 Å². The topological polar surface area (TPSA) is 54.0 Å². The molecule has 4 rings (SSSR count). The van der Waals surface area contributed by atoms with Gasteiger partial charge >= 0.3 is 7.60 Å². The molecule has 0 bridgehead atoms. The largest absolute Gasteiger partial charge is 0.491 e. The summed E-state index contributed by atoms with van der Waals surface area (Å²) >= 11 is 0. The van der Waals surface area contributed by atoms with E-state index in [1.54, 1.807) is 7.11 Å². The van der Waals surface area contributed by atoms with Crippen molar-refractivity contribution in [1.29, 1.82) is 0 Å². The highest BCUT2D eigenvalue weighted by atomic mass is 31.2. The first kappa shape index (κ1) is 21.1. The van der Waals surface area contributed by atoms with Gasteiger partial charge in [-0.2, -0.15) is 0 Å². The Morgan fingerprint density at radius 2 is 1.57 bits per heavy atom. The second-order valence-corrected chi connectivity index (χ2v) is 9.21. The Bertz CT molecular complexity index is 1190. The minimum Gasteiger partial charge on any atom is -0.491 e. The summed E-state index contributed by atoms with van der Waals surface area (Å²) in [6, 6.07) is 16.6. The maximum Gasteiger partial charge on any atom is 0.335 e. The lowest BCUT2D eigenvalue weighted by Gasteiger charge is -2.20. The van der Waals surface area contributed by atoms with Crippen LogP contribution in [0.3, 0.4) is 0 Å². The Morgan fingerprint density at radius 3 is 2.30 bits per heavy atom. The van der Waals surface area contributed by atoms with Crippen LogP contribution in [0, 0.1) is 0 Å². The van der Waals surface area contributed by atoms with Gasteiger partial charge in [-0.1, -0.05) is 42.5 Å². The van der Waals surface area contributed by atoms with Gasteiger partial charge in [0.2, 0.25) is 0 Å². The van der Waals surface area contributed by atoms with E-state index in [0.29, 0.717) is 26.4 Å². The third-order valence-electron chi connectivity index (χ3n) is 5.26. The van der Waals surface area contributed by atoms with Crippen LogP contribution in [0.1, 0.15) is 19.4 Å². The van der Waals surface area contributed by atoms with Gasteiger partial charge in [0.05, 0.1) is 26.0 Å². The van der Waals surface area contributed by atoms with Crippen LogP contribution in [0.15, 0.2) is 48.5 Å². The van der Waals surface area contributed by atoms with Gasteiger partial charge in [-0.3, -0.25) is 4.57 Å². The summed E-state index contributed by atoms with van der Waals surface area (Å²) in [5.74, 6) is 0.847. The van der Waals surface area contributed by atoms with E-state index in [4.69, 9.17) is 18.5 Å². The quantitative estimate of drug-likeness (QED) is 0.167. The Kier molecular flexibility index (Phi) is 6.26. The highest BCUT2D eigenvalue weighted by molar-refractivity contribution is 7.53. The number of rotatable bonds is 10. The smallest absolute Gasteiger partial charge is 0.335 e. The molecular formula is C24H27O5P. The molecule has 0 N–H and O–H groups in total. The van der Waals surface area contributed by atoms with Crippen molar-refractivity contribution >= 4 is 39.9 Å². The molecular weight excluding hydrogens is 399 g/mol. The molecule has 0 aliphatic rings. The van der Waals surface area contributed by atoms with Crippen LogP contribution in [0.2, 0.25) is 0 Å². The second-order valence-electron chi connectivity index (χ2n) is 7.16. The standard InChI is InChI=1S/C24H27O5P/c1-4-28-30(25,29-5-2)16-19-10-9-18-15-22(27-14-13-26-3)21-8-6-7-17-11-12-20(19)24(18)23(17)21/h6-12,15H,4-5,13-14,16H2,1-3H3. The molecule has 0 spiro atoms. The first-order valence-corrected chi connectivity index (χ1v) is 12.0. The van der Waals surface area contributed by atoms with Crippen molar-refractivity contribution in [3.8, 4) is 5.75 Å². The number of methoxy groups -OCH3 is 1. The van der Waals surface area contributed by atoms with Crippen molar-refractivity contribution in [2.75, 3.05) is 33.5 Å². The summed E-state index contributed by atoms with van der Waals surface area (Å²) in [5, 5.41) is 6.69. The van der Waals surface area contributed by atoms with E-state index >= 15 is 0 Å². The Morgan fingerprint density at radius 1 is 0.833 bits per heavy atom. The van der Waals surface area contributed by atoms with Gasteiger partial charge in [0.1, 0.15) is 12.4 Å². The van der Waals surface area contributed by atoms with Gasteiger partial charge in [-0.25, -0.2) is 0 Å². The molecule has 4 aromatic carbocycles. The maximum absolute atomic E-state index is 13.2. The molecule has 30 heavy (non-hydrogen) atoms. The average Bonchev–Trinajstić information content (AvgIpc) is 2.74. The molecule has 0 aliphatic carbocycles. The molecule has 0 fully saturated rings. The van der Waals surface area contributed by atoms with Crippen molar-refractivity contribution in [3.05, 3.63) is 54.1 Å². The highest BCUT2D eigenvalue weighted by Crippen LogP contribution is 2.53. The predicted molar refractivity (Wildman–Crippen MR) is 122 cm³/mol. The van der Waals surface area contributed by atoms with Crippen LogP contribution in [0.25, 0.3) is 32.3 Å². The number of hydrogen-bond donors (Lipinski definition) is 0. The molecule has 0 unspecified atom stereocenters. The first-order valence-electron chi connectivity index (χ1n) is 10.3. The van der Waals surface area contributed by atoms with Crippen molar-refractivity contribution in [3.63, 3.8) is 0 Å². The fourth-order valence-electron chi connectivity index (χ4n) is 4.08. The number of benzene rings is 4. The summed E-state index contributed by atoms with van der Waals surface area (Å²) in [6.07, 6.45) is 0.250.